The van der Waals surface area contributed by atoms with Crippen molar-refractivity contribution in [3.8, 4) is 0 Å². The minimum Gasteiger partial charge on any atom is -0.369 e. The summed E-state index contributed by atoms with van der Waals surface area (Å²) < 4.78 is 0. The van der Waals surface area contributed by atoms with E-state index in [0.717, 1.165) is 37.3 Å². The van der Waals surface area contributed by atoms with Crippen molar-refractivity contribution < 1.29 is 9.59 Å². The average Bonchev–Trinajstić information content (AvgIpc) is 3.01. The number of hydrogen-bond donors (Lipinski definition) is 1. The Hall–Kier alpha value is -2.11. The molecule has 6 heteroatoms. The Morgan fingerprint density at radius 3 is 2.85 bits per heavy atom. The van der Waals surface area contributed by atoms with Crippen LogP contribution in [0, 0.1) is 18.8 Å². The molecule has 2 atom stereocenters. The van der Waals surface area contributed by atoms with Crippen molar-refractivity contribution in [3.05, 3.63) is 24.0 Å². The molecule has 3 heterocycles. The molecule has 0 saturated carbocycles. The number of nitrogens with one attached hydrogen (secondary N) is 1. The molecule has 0 spiro atoms. The molecule has 26 heavy (non-hydrogen) atoms. The van der Waals surface area contributed by atoms with Gasteiger partial charge in [0.2, 0.25) is 11.8 Å². The van der Waals surface area contributed by atoms with Crippen molar-refractivity contribution in [2.24, 2.45) is 11.8 Å². The molecule has 0 bridgehead atoms. The first-order chi connectivity index (χ1) is 12.4. The molecule has 0 aromatic carbocycles. The molecule has 2 aliphatic rings. The number of carbonyl (C=O) groups is 2. The predicted octanol–water partition coefficient (Wildman–Crippen LogP) is 1.98. The minimum absolute atomic E-state index is 0.0383. The molecule has 6 nitrogen and oxygen atoms in total. The van der Waals surface area contributed by atoms with Gasteiger partial charge in [0, 0.05) is 49.6 Å². The number of rotatable bonds is 5. The molecule has 2 aliphatic heterocycles. The van der Waals surface area contributed by atoms with Crippen LogP contribution < -0.4 is 10.2 Å². The smallest absolute Gasteiger partial charge is 0.239 e. The number of nitrogens with zero attached hydrogens (tertiary/aromatic N) is 3. The summed E-state index contributed by atoms with van der Waals surface area (Å²) in [5, 5.41) is 3.20. The third kappa shape index (κ3) is 4.34. The first-order valence-electron chi connectivity index (χ1n) is 9.69. The average molecular weight is 358 g/mol. The fraction of sp³-hybridized carbons (Fsp3) is 0.650. The zero-order valence-corrected chi connectivity index (χ0v) is 16.1. The third-order valence-electron chi connectivity index (χ3n) is 5.57. The number of pyridine rings is 1. The maximum Gasteiger partial charge on any atom is 0.239 e. The fourth-order valence-electron chi connectivity index (χ4n) is 4.05. The molecular formula is C20H30N4O2. The summed E-state index contributed by atoms with van der Waals surface area (Å²) in [6.07, 6.45) is 4.34. The molecule has 0 aliphatic carbocycles. The van der Waals surface area contributed by atoms with Crippen LogP contribution in [-0.2, 0) is 9.59 Å². The predicted molar refractivity (Wildman–Crippen MR) is 102 cm³/mol. The van der Waals surface area contributed by atoms with Crippen LogP contribution in [0.4, 0.5) is 5.69 Å². The Bertz CT molecular complexity index is 661. The summed E-state index contributed by atoms with van der Waals surface area (Å²) in [7, 11) is 0. The lowest BCUT2D eigenvalue weighted by atomic mass is 9.91. The molecule has 3 rings (SSSR count). The van der Waals surface area contributed by atoms with Gasteiger partial charge in [-0.3, -0.25) is 14.6 Å². The Morgan fingerprint density at radius 2 is 2.15 bits per heavy atom. The van der Waals surface area contributed by atoms with Crippen LogP contribution in [0.1, 0.15) is 38.8 Å². The number of aryl methyl sites for hydroxylation is 1. The number of piperidine rings is 1. The van der Waals surface area contributed by atoms with Gasteiger partial charge in [-0.05, 0) is 37.8 Å². The minimum atomic E-state index is -0.0383. The molecule has 142 valence electrons. The second kappa shape index (κ2) is 8.06. The second-order valence-corrected chi connectivity index (χ2v) is 7.91. The molecule has 0 unspecified atom stereocenters. The Kier molecular flexibility index (Phi) is 5.79. The Labute approximate surface area is 156 Å². The van der Waals surface area contributed by atoms with Crippen LogP contribution in [0.5, 0.6) is 0 Å². The number of amides is 2. The highest BCUT2D eigenvalue weighted by Gasteiger charge is 2.36. The van der Waals surface area contributed by atoms with Gasteiger partial charge in [-0.2, -0.15) is 0 Å². The second-order valence-electron chi connectivity index (χ2n) is 7.91. The Morgan fingerprint density at radius 1 is 1.35 bits per heavy atom. The number of aromatic nitrogens is 1. The zero-order valence-electron chi connectivity index (χ0n) is 16.1. The molecule has 2 fully saturated rings. The number of hydrogen-bond acceptors (Lipinski definition) is 4. The molecular weight excluding hydrogens is 328 g/mol. The highest BCUT2D eigenvalue weighted by molar-refractivity contribution is 5.85. The van der Waals surface area contributed by atoms with Gasteiger partial charge in [-0.15, -0.1) is 0 Å². The summed E-state index contributed by atoms with van der Waals surface area (Å²) in [6, 6.07) is 4.23. The van der Waals surface area contributed by atoms with Crippen molar-refractivity contribution in [3.63, 3.8) is 0 Å². The molecule has 1 aromatic rings. The van der Waals surface area contributed by atoms with Crippen LogP contribution in [0.2, 0.25) is 0 Å². The third-order valence-corrected chi connectivity index (χ3v) is 5.57. The van der Waals surface area contributed by atoms with Gasteiger partial charge in [0.15, 0.2) is 0 Å². The van der Waals surface area contributed by atoms with Crippen LogP contribution in [-0.4, -0.2) is 53.9 Å². The highest BCUT2D eigenvalue weighted by atomic mass is 16.2. The Balaban J connectivity index is 1.63. The molecule has 1 N–H and O–H groups in total. The van der Waals surface area contributed by atoms with E-state index in [2.05, 4.69) is 35.1 Å². The van der Waals surface area contributed by atoms with E-state index in [0.29, 0.717) is 24.8 Å². The summed E-state index contributed by atoms with van der Waals surface area (Å²) in [5.41, 5.74) is 2.16. The van der Waals surface area contributed by atoms with Gasteiger partial charge in [0.25, 0.3) is 0 Å². The van der Waals surface area contributed by atoms with Gasteiger partial charge in [0.1, 0.15) is 0 Å². The molecule has 2 amide bonds. The van der Waals surface area contributed by atoms with Gasteiger partial charge < -0.3 is 15.1 Å². The first-order valence-corrected chi connectivity index (χ1v) is 9.69. The van der Waals surface area contributed by atoms with E-state index >= 15 is 0 Å². The van der Waals surface area contributed by atoms with E-state index in [1.807, 2.05) is 19.2 Å². The zero-order chi connectivity index (χ0) is 18.7. The SMILES string of the molecule is Cc1cc(N2C[C@H](NC(=O)CN3CCCCC3=O)[C@@H](C(C)C)C2)ccn1. The normalized spacial score (nSPS) is 23.6. The lowest BCUT2D eigenvalue weighted by molar-refractivity contribution is -0.138. The van der Waals surface area contributed by atoms with E-state index < -0.39 is 0 Å². The first kappa shape index (κ1) is 18.7. The summed E-state index contributed by atoms with van der Waals surface area (Å²) in [6.45, 7) is 9.02. The summed E-state index contributed by atoms with van der Waals surface area (Å²) >= 11 is 0. The van der Waals surface area contributed by atoms with Crippen LogP contribution >= 0.6 is 0 Å². The van der Waals surface area contributed by atoms with Crippen molar-refractivity contribution in [1.82, 2.24) is 15.2 Å². The number of likely N-dealkylation sites (tertiary alicyclic amines) is 1. The molecule has 0 radical (unpaired) electrons. The van der Waals surface area contributed by atoms with Crippen LogP contribution in [0.3, 0.4) is 0 Å². The van der Waals surface area contributed by atoms with Crippen molar-refractivity contribution in [2.75, 3.05) is 31.1 Å². The van der Waals surface area contributed by atoms with Gasteiger partial charge >= 0.3 is 0 Å². The van der Waals surface area contributed by atoms with E-state index in [9.17, 15) is 9.59 Å². The van der Waals surface area contributed by atoms with E-state index in [4.69, 9.17) is 0 Å². The summed E-state index contributed by atoms with van der Waals surface area (Å²) in [5.74, 6) is 0.935. The number of carbonyl (C=O) groups excluding carboxylic acids is 2. The van der Waals surface area contributed by atoms with Crippen LogP contribution in [0.25, 0.3) is 0 Å². The number of anilines is 1. The van der Waals surface area contributed by atoms with E-state index in [-0.39, 0.29) is 24.4 Å². The van der Waals surface area contributed by atoms with Crippen LogP contribution in [0.15, 0.2) is 18.3 Å². The monoisotopic (exact) mass is 358 g/mol. The van der Waals surface area contributed by atoms with Gasteiger partial charge in [-0.25, -0.2) is 0 Å². The van der Waals surface area contributed by atoms with E-state index in [1.54, 1.807) is 4.90 Å². The van der Waals surface area contributed by atoms with Crippen molar-refractivity contribution >= 4 is 17.5 Å². The molecule has 1 aromatic heterocycles. The lowest BCUT2D eigenvalue weighted by Crippen LogP contribution is -2.48. The highest BCUT2D eigenvalue weighted by Crippen LogP contribution is 2.29. The van der Waals surface area contributed by atoms with Crippen molar-refractivity contribution in [1.29, 1.82) is 0 Å². The van der Waals surface area contributed by atoms with Crippen molar-refractivity contribution in [2.45, 2.75) is 46.1 Å². The largest absolute Gasteiger partial charge is 0.369 e. The maximum absolute atomic E-state index is 12.5. The summed E-state index contributed by atoms with van der Waals surface area (Å²) in [4.78, 5) is 32.8. The fourth-order valence-corrected chi connectivity index (χ4v) is 4.05. The maximum atomic E-state index is 12.5. The quantitative estimate of drug-likeness (QED) is 0.874. The standard InChI is InChI=1S/C20H30N4O2/c1-14(2)17-11-24(16-7-8-21-15(3)10-16)12-18(17)22-19(25)13-23-9-5-4-6-20(23)26/h7-8,10,14,17-18H,4-6,9,11-13H2,1-3H3,(H,22,25)/t17-,18+/m1/s1. The van der Waals surface area contributed by atoms with E-state index in [1.165, 1.54) is 0 Å². The van der Waals surface area contributed by atoms with Gasteiger partial charge in [0.05, 0.1) is 12.6 Å². The lowest BCUT2D eigenvalue weighted by Gasteiger charge is -2.28. The topological polar surface area (TPSA) is 65.5 Å². The van der Waals surface area contributed by atoms with Gasteiger partial charge in [-0.1, -0.05) is 13.8 Å². The molecule has 2 saturated heterocycles.